The molecule has 0 spiro atoms. The van der Waals surface area contributed by atoms with Crippen molar-refractivity contribution in [3.63, 3.8) is 0 Å². The van der Waals surface area contributed by atoms with E-state index in [0.717, 1.165) is 30.3 Å². The maximum atomic E-state index is 6.19. The van der Waals surface area contributed by atoms with Gasteiger partial charge in [-0.2, -0.15) is 0 Å². The van der Waals surface area contributed by atoms with Gasteiger partial charge in [-0.1, -0.05) is 6.07 Å². The zero-order valence-corrected chi connectivity index (χ0v) is 12.6. The standard InChI is InChI=1S/C15H21N5O/c1-4-20(5-2)15-13(16)14(17-10-18-15)19-11-7-6-8-12(9-11)21-3/h6-10H,4-5,16H2,1-3H3,(H,17,18,19). The highest BCUT2D eigenvalue weighted by atomic mass is 16.5. The van der Waals surface area contributed by atoms with Gasteiger partial charge in [0.1, 0.15) is 17.8 Å². The zero-order valence-electron chi connectivity index (χ0n) is 12.6. The van der Waals surface area contributed by atoms with Crippen LogP contribution in [0.2, 0.25) is 0 Å². The second kappa shape index (κ2) is 6.78. The smallest absolute Gasteiger partial charge is 0.159 e. The van der Waals surface area contributed by atoms with Crippen molar-refractivity contribution in [2.75, 3.05) is 36.1 Å². The Kier molecular flexibility index (Phi) is 4.81. The number of hydrogen-bond acceptors (Lipinski definition) is 6. The van der Waals surface area contributed by atoms with E-state index in [1.54, 1.807) is 7.11 Å². The molecule has 1 heterocycles. The molecule has 1 aromatic carbocycles. The van der Waals surface area contributed by atoms with E-state index in [0.29, 0.717) is 11.5 Å². The largest absolute Gasteiger partial charge is 0.497 e. The molecule has 0 aliphatic heterocycles. The Labute approximate surface area is 125 Å². The Hall–Kier alpha value is -2.50. The van der Waals surface area contributed by atoms with E-state index in [4.69, 9.17) is 10.5 Å². The minimum absolute atomic E-state index is 0.545. The van der Waals surface area contributed by atoms with E-state index >= 15 is 0 Å². The summed E-state index contributed by atoms with van der Waals surface area (Å²) in [5.74, 6) is 2.12. The number of rotatable bonds is 6. The number of methoxy groups -OCH3 is 1. The summed E-state index contributed by atoms with van der Waals surface area (Å²) < 4.78 is 5.21. The van der Waals surface area contributed by atoms with Gasteiger partial charge in [0.15, 0.2) is 11.6 Å². The van der Waals surface area contributed by atoms with Crippen LogP contribution in [0.15, 0.2) is 30.6 Å². The number of nitrogens with two attached hydrogens (primary N) is 1. The molecular weight excluding hydrogens is 266 g/mol. The third-order valence-electron chi connectivity index (χ3n) is 3.26. The molecule has 6 heteroatoms. The summed E-state index contributed by atoms with van der Waals surface area (Å²) in [6.07, 6.45) is 1.52. The Balaban J connectivity index is 2.30. The van der Waals surface area contributed by atoms with Gasteiger partial charge in [0.2, 0.25) is 0 Å². The fourth-order valence-corrected chi connectivity index (χ4v) is 2.10. The number of anilines is 4. The highest BCUT2D eigenvalue weighted by Crippen LogP contribution is 2.29. The number of aromatic nitrogens is 2. The first-order valence-corrected chi connectivity index (χ1v) is 6.96. The molecule has 0 amide bonds. The topological polar surface area (TPSA) is 76.3 Å². The van der Waals surface area contributed by atoms with E-state index < -0.39 is 0 Å². The average Bonchev–Trinajstić information content (AvgIpc) is 2.52. The molecule has 0 bridgehead atoms. The minimum Gasteiger partial charge on any atom is -0.497 e. The molecule has 112 valence electrons. The lowest BCUT2D eigenvalue weighted by Gasteiger charge is -2.22. The van der Waals surface area contributed by atoms with Crippen LogP contribution >= 0.6 is 0 Å². The molecule has 0 fully saturated rings. The van der Waals surface area contributed by atoms with E-state index in [1.807, 2.05) is 24.3 Å². The molecule has 2 aromatic rings. The first-order valence-electron chi connectivity index (χ1n) is 6.96. The van der Waals surface area contributed by atoms with Crippen LogP contribution < -0.4 is 20.7 Å². The van der Waals surface area contributed by atoms with Gasteiger partial charge in [-0.25, -0.2) is 9.97 Å². The lowest BCUT2D eigenvalue weighted by atomic mass is 10.3. The van der Waals surface area contributed by atoms with Gasteiger partial charge in [0.25, 0.3) is 0 Å². The van der Waals surface area contributed by atoms with E-state index in [2.05, 4.69) is 34.0 Å². The Morgan fingerprint density at radius 1 is 1.24 bits per heavy atom. The van der Waals surface area contributed by atoms with E-state index in [1.165, 1.54) is 6.33 Å². The molecule has 1 aromatic heterocycles. The third-order valence-corrected chi connectivity index (χ3v) is 3.26. The monoisotopic (exact) mass is 287 g/mol. The molecule has 0 radical (unpaired) electrons. The number of hydrogen-bond donors (Lipinski definition) is 2. The molecule has 0 saturated heterocycles. The van der Waals surface area contributed by atoms with Gasteiger partial charge in [-0.05, 0) is 26.0 Å². The van der Waals surface area contributed by atoms with Crippen molar-refractivity contribution in [3.05, 3.63) is 30.6 Å². The van der Waals surface area contributed by atoms with Crippen molar-refractivity contribution in [3.8, 4) is 5.75 Å². The summed E-state index contributed by atoms with van der Waals surface area (Å²) in [6, 6.07) is 7.61. The molecule has 2 rings (SSSR count). The second-order valence-electron chi connectivity index (χ2n) is 4.49. The molecule has 0 saturated carbocycles. The minimum atomic E-state index is 0.545. The molecule has 0 aliphatic carbocycles. The van der Waals surface area contributed by atoms with Crippen LogP contribution in [0.5, 0.6) is 5.75 Å². The third kappa shape index (κ3) is 3.34. The summed E-state index contributed by atoms with van der Waals surface area (Å²) >= 11 is 0. The summed E-state index contributed by atoms with van der Waals surface area (Å²) in [5, 5.41) is 3.21. The second-order valence-corrected chi connectivity index (χ2v) is 4.49. The molecular formula is C15H21N5O. The van der Waals surface area contributed by atoms with E-state index in [9.17, 15) is 0 Å². The molecule has 21 heavy (non-hydrogen) atoms. The normalized spacial score (nSPS) is 10.2. The van der Waals surface area contributed by atoms with Crippen LogP contribution in [0.4, 0.5) is 23.0 Å². The number of nitrogens with one attached hydrogen (secondary N) is 1. The van der Waals surface area contributed by atoms with Gasteiger partial charge in [0, 0.05) is 24.8 Å². The predicted octanol–water partition coefficient (Wildman–Crippen LogP) is 2.66. The van der Waals surface area contributed by atoms with Crippen LogP contribution in [-0.4, -0.2) is 30.2 Å². The Morgan fingerprint density at radius 3 is 2.67 bits per heavy atom. The van der Waals surface area contributed by atoms with Crippen molar-refractivity contribution < 1.29 is 4.74 Å². The molecule has 0 atom stereocenters. The van der Waals surface area contributed by atoms with Crippen molar-refractivity contribution in [1.82, 2.24) is 9.97 Å². The summed E-state index contributed by atoms with van der Waals surface area (Å²) in [6.45, 7) is 5.83. The lowest BCUT2D eigenvalue weighted by molar-refractivity contribution is 0.415. The van der Waals surface area contributed by atoms with E-state index in [-0.39, 0.29) is 0 Å². The highest BCUT2D eigenvalue weighted by Gasteiger charge is 2.12. The van der Waals surface area contributed by atoms with Crippen LogP contribution in [0, 0.1) is 0 Å². The first kappa shape index (κ1) is 14.9. The van der Waals surface area contributed by atoms with Gasteiger partial charge in [-0.3, -0.25) is 0 Å². The fraction of sp³-hybridized carbons (Fsp3) is 0.333. The molecule has 0 unspecified atom stereocenters. The van der Waals surface area contributed by atoms with Gasteiger partial charge in [-0.15, -0.1) is 0 Å². The first-order chi connectivity index (χ1) is 10.2. The SMILES string of the molecule is CCN(CC)c1ncnc(Nc2cccc(OC)c2)c1N. The van der Waals surface area contributed by atoms with Gasteiger partial charge >= 0.3 is 0 Å². The van der Waals surface area contributed by atoms with Crippen molar-refractivity contribution in [2.45, 2.75) is 13.8 Å². The number of nitrogens with zero attached hydrogens (tertiary/aromatic N) is 3. The van der Waals surface area contributed by atoms with Crippen LogP contribution in [0.25, 0.3) is 0 Å². The van der Waals surface area contributed by atoms with Crippen LogP contribution in [-0.2, 0) is 0 Å². The van der Waals surface area contributed by atoms with Crippen LogP contribution in [0.3, 0.4) is 0 Å². The predicted molar refractivity (Wildman–Crippen MR) is 86.3 cm³/mol. The fourth-order valence-electron chi connectivity index (χ4n) is 2.10. The Bertz CT molecular complexity index is 598. The summed E-state index contributed by atoms with van der Waals surface area (Å²) in [5.41, 5.74) is 7.60. The van der Waals surface area contributed by atoms with Crippen molar-refractivity contribution >= 4 is 23.0 Å². The summed E-state index contributed by atoms with van der Waals surface area (Å²) in [4.78, 5) is 10.6. The maximum absolute atomic E-state index is 6.19. The molecule has 6 nitrogen and oxygen atoms in total. The summed E-state index contributed by atoms with van der Waals surface area (Å²) in [7, 11) is 1.64. The van der Waals surface area contributed by atoms with Crippen LogP contribution in [0.1, 0.15) is 13.8 Å². The quantitative estimate of drug-likeness (QED) is 0.850. The van der Waals surface area contributed by atoms with Crippen molar-refractivity contribution in [1.29, 1.82) is 0 Å². The van der Waals surface area contributed by atoms with Gasteiger partial charge in [0.05, 0.1) is 7.11 Å². The van der Waals surface area contributed by atoms with Gasteiger partial charge < -0.3 is 20.7 Å². The number of benzene rings is 1. The number of ether oxygens (including phenoxy) is 1. The zero-order chi connectivity index (χ0) is 15.2. The Morgan fingerprint density at radius 2 is 2.00 bits per heavy atom. The maximum Gasteiger partial charge on any atom is 0.159 e. The lowest BCUT2D eigenvalue weighted by Crippen LogP contribution is -2.24. The molecule has 3 N–H and O–H groups in total. The number of nitrogen functional groups attached to an aromatic ring is 1. The molecule has 0 aliphatic rings. The van der Waals surface area contributed by atoms with Crippen molar-refractivity contribution in [2.24, 2.45) is 0 Å². The highest BCUT2D eigenvalue weighted by molar-refractivity contribution is 5.78. The average molecular weight is 287 g/mol.